The zero-order valence-electron chi connectivity index (χ0n) is 11.9. The van der Waals surface area contributed by atoms with Crippen LogP contribution in [-0.4, -0.2) is 12.1 Å². The van der Waals surface area contributed by atoms with Crippen molar-refractivity contribution in [3.8, 4) is 0 Å². The highest BCUT2D eigenvalue weighted by molar-refractivity contribution is 5.05. The summed E-state index contributed by atoms with van der Waals surface area (Å²) in [5.41, 5.74) is 0.890. The van der Waals surface area contributed by atoms with E-state index in [0.717, 1.165) is 23.7 Å². The molecule has 0 amide bonds. The molecule has 0 unspecified atom stereocenters. The molecule has 3 saturated carbocycles. The standard InChI is InChI=1S/C15H29N/c1-10-7-11-8-13(15(11,5)6)12(10)9-16-14(2,3)4/h10-13,16H,7-9H2,1-6H3/t10-,11+,12+,13+/m1/s1. The Labute approximate surface area is 101 Å². The van der Waals surface area contributed by atoms with E-state index in [1.165, 1.54) is 19.4 Å². The summed E-state index contributed by atoms with van der Waals surface area (Å²) < 4.78 is 0. The molecular formula is C15H29N. The van der Waals surface area contributed by atoms with Gasteiger partial charge in [-0.2, -0.15) is 0 Å². The van der Waals surface area contributed by atoms with Crippen LogP contribution in [0.15, 0.2) is 0 Å². The van der Waals surface area contributed by atoms with E-state index in [1.807, 2.05) is 0 Å². The first-order chi connectivity index (χ1) is 7.22. The van der Waals surface area contributed by atoms with Crippen molar-refractivity contribution in [2.45, 2.75) is 59.9 Å². The molecule has 3 aliphatic carbocycles. The summed E-state index contributed by atoms with van der Waals surface area (Å²) in [6.07, 6.45) is 2.95. The van der Waals surface area contributed by atoms with Crippen molar-refractivity contribution in [3.05, 3.63) is 0 Å². The third kappa shape index (κ3) is 2.03. The Kier molecular flexibility index (Phi) is 2.89. The summed E-state index contributed by atoms with van der Waals surface area (Å²) in [4.78, 5) is 0. The lowest BCUT2D eigenvalue weighted by atomic mass is 9.43. The fraction of sp³-hybridized carbons (Fsp3) is 1.00. The van der Waals surface area contributed by atoms with E-state index in [0.29, 0.717) is 5.41 Å². The minimum absolute atomic E-state index is 0.268. The predicted molar refractivity (Wildman–Crippen MR) is 70.4 cm³/mol. The van der Waals surface area contributed by atoms with E-state index in [2.05, 4.69) is 46.9 Å². The molecule has 3 rings (SSSR count). The summed E-state index contributed by atoms with van der Waals surface area (Å²) in [7, 11) is 0. The highest BCUT2D eigenvalue weighted by Crippen LogP contribution is 2.62. The van der Waals surface area contributed by atoms with Crippen LogP contribution in [-0.2, 0) is 0 Å². The van der Waals surface area contributed by atoms with Gasteiger partial charge in [-0.05, 0) is 69.2 Å². The Hall–Kier alpha value is -0.0400. The molecule has 1 heteroatoms. The van der Waals surface area contributed by atoms with Crippen LogP contribution in [0.5, 0.6) is 0 Å². The number of hydrogen-bond donors (Lipinski definition) is 1. The normalized spacial score (nSPS) is 41.6. The van der Waals surface area contributed by atoms with Crippen LogP contribution in [0.25, 0.3) is 0 Å². The summed E-state index contributed by atoms with van der Waals surface area (Å²) in [5, 5.41) is 3.71. The monoisotopic (exact) mass is 223 g/mol. The van der Waals surface area contributed by atoms with Crippen LogP contribution in [0.3, 0.4) is 0 Å². The maximum absolute atomic E-state index is 3.71. The summed E-state index contributed by atoms with van der Waals surface area (Å²) in [5.74, 6) is 3.81. The van der Waals surface area contributed by atoms with Gasteiger partial charge in [-0.15, -0.1) is 0 Å². The van der Waals surface area contributed by atoms with Gasteiger partial charge >= 0.3 is 0 Å². The Morgan fingerprint density at radius 2 is 1.81 bits per heavy atom. The van der Waals surface area contributed by atoms with E-state index in [1.54, 1.807) is 0 Å². The van der Waals surface area contributed by atoms with Gasteiger partial charge < -0.3 is 5.32 Å². The van der Waals surface area contributed by atoms with Gasteiger partial charge in [0.05, 0.1) is 0 Å². The summed E-state index contributed by atoms with van der Waals surface area (Å²) >= 11 is 0. The van der Waals surface area contributed by atoms with Gasteiger partial charge in [0, 0.05) is 5.54 Å². The van der Waals surface area contributed by atoms with Gasteiger partial charge in [0.25, 0.3) is 0 Å². The number of nitrogens with one attached hydrogen (secondary N) is 1. The molecule has 0 spiro atoms. The van der Waals surface area contributed by atoms with E-state index < -0.39 is 0 Å². The average molecular weight is 223 g/mol. The highest BCUT2D eigenvalue weighted by atomic mass is 15.0. The maximum Gasteiger partial charge on any atom is 0.00966 e. The summed E-state index contributed by atoms with van der Waals surface area (Å²) in [6, 6.07) is 0. The molecule has 0 heterocycles. The lowest BCUT2D eigenvalue weighted by molar-refractivity contribution is -0.130. The molecule has 16 heavy (non-hydrogen) atoms. The van der Waals surface area contributed by atoms with Gasteiger partial charge in [-0.1, -0.05) is 20.8 Å². The van der Waals surface area contributed by atoms with Crippen LogP contribution >= 0.6 is 0 Å². The van der Waals surface area contributed by atoms with E-state index in [9.17, 15) is 0 Å². The number of fused-ring (bicyclic) bond motifs is 2. The molecule has 94 valence electrons. The van der Waals surface area contributed by atoms with E-state index in [-0.39, 0.29) is 5.54 Å². The van der Waals surface area contributed by atoms with Crippen LogP contribution < -0.4 is 5.32 Å². The quantitative estimate of drug-likeness (QED) is 0.753. The van der Waals surface area contributed by atoms with Crippen LogP contribution in [0.1, 0.15) is 54.4 Å². The fourth-order valence-electron chi connectivity index (χ4n) is 3.97. The number of hydrogen-bond acceptors (Lipinski definition) is 1. The van der Waals surface area contributed by atoms with Crippen molar-refractivity contribution in [3.63, 3.8) is 0 Å². The first-order valence-corrected chi connectivity index (χ1v) is 6.97. The lowest BCUT2D eigenvalue weighted by Crippen LogP contribution is -2.58. The SMILES string of the molecule is C[C@@H]1C[C@H]2C[C@@H]([C@H]1CNC(C)(C)C)C2(C)C. The largest absolute Gasteiger partial charge is 0.312 e. The molecule has 0 saturated heterocycles. The van der Waals surface area contributed by atoms with Crippen molar-refractivity contribution < 1.29 is 0 Å². The molecular weight excluding hydrogens is 194 g/mol. The third-order valence-corrected chi connectivity index (χ3v) is 5.32. The van der Waals surface area contributed by atoms with Gasteiger partial charge in [0.2, 0.25) is 0 Å². The average Bonchev–Trinajstić information content (AvgIpc) is 2.13. The number of rotatable bonds is 2. The van der Waals surface area contributed by atoms with Crippen molar-refractivity contribution in [2.75, 3.05) is 6.54 Å². The van der Waals surface area contributed by atoms with Crippen molar-refractivity contribution in [1.29, 1.82) is 0 Å². The van der Waals surface area contributed by atoms with Gasteiger partial charge in [-0.25, -0.2) is 0 Å². The zero-order valence-corrected chi connectivity index (χ0v) is 11.9. The second-order valence-corrected chi connectivity index (χ2v) is 7.87. The minimum atomic E-state index is 0.268. The third-order valence-electron chi connectivity index (χ3n) is 5.32. The van der Waals surface area contributed by atoms with Gasteiger partial charge in [-0.3, -0.25) is 0 Å². The molecule has 0 aromatic heterocycles. The van der Waals surface area contributed by atoms with Crippen molar-refractivity contribution in [2.24, 2.45) is 29.1 Å². The molecule has 2 bridgehead atoms. The second-order valence-electron chi connectivity index (χ2n) is 7.87. The molecule has 1 nitrogen and oxygen atoms in total. The maximum atomic E-state index is 3.71. The summed E-state index contributed by atoms with van der Waals surface area (Å²) in [6.45, 7) is 15.5. The molecule has 0 aliphatic heterocycles. The van der Waals surface area contributed by atoms with Crippen molar-refractivity contribution >= 4 is 0 Å². The molecule has 0 radical (unpaired) electrons. The minimum Gasteiger partial charge on any atom is -0.312 e. The topological polar surface area (TPSA) is 12.0 Å². The Bertz CT molecular complexity index is 261. The molecule has 0 aromatic rings. The van der Waals surface area contributed by atoms with Crippen LogP contribution in [0.4, 0.5) is 0 Å². The van der Waals surface area contributed by atoms with Gasteiger partial charge in [0.1, 0.15) is 0 Å². The smallest absolute Gasteiger partial charge is 0.00966 e. The molecule has 3 aliphatic rings. The highest BCUT2D eigenvalue weighted by Gasteiger charge is 2.56. The van der Waals surface area contributed by atoms with E-state index in [4.69, 9.17) is 0 Å². The first kappa shape index (κ1) is 12.4. The van der Waals surface area contributed by atoms with Gasteiger partial charge in [0.15, 0.2) is 0 Å². The fourth-order valence-corrected chi connectivity index (χ4v) is 3.97. The lowest BCUT2D eigenvalue weighted by Gasteiger charge is -2.62. The second kappa shape index (κ2) is 3.73. The molecule has 3 fully saturated rings. The predicted octanol–water partition coefficient (Wildman–Crippen LogP) is 3.69. The Balaban J connectivity index is 1.98. The molecule has 4 atom stereocenters. The van der Waals surface area contributed by atoms with E-state index >= 15 is 0 Å². The molecule has 0 aromatic carbocycles. The first-order valence-electron chi connectivity index (χ1n) is 6.97. The molecule has 1 N–H and O–H groups in total. The zero-order chi connectivity index (χ0) is 12.1. The Morgan fingerprint density at radius 1 is 1.19 bits per heavy atom. The van der Waals surface area contributed by atoms with Crippen LogP contribution in [0, 0.1) is 29.1 Å². The van der Waals surface area contributed by atoms with Crippen LogP contribution in [0.2, 0.25) is 0 Å². The Morgan fingerprint density at radius 3 is 2.31 bits per heavy atom. The van der Waals surface area contributed by atoms with Crippen molar-refractivity contribution in [1.82, 2.24) is 5.32 Å².